The molecular weight excluding hydrogens is 218 g/mol. The maximum Gasteiger partial charge on any atom is 0.215 e. The first kappa shape index (κ1) is 11.0. The highest BCUT2D eigenvalue weighted by Crippen LogP contribution is 2.15. The number of hydrogen-bond donors (Lipinski definition) is 3. The largest absolute Gasteiger partial charge is 0.447 e. The van der Waals surface area contributed by atoms with Crippen LogP contribution in [0.1, 0.15) is 11.5 Å². The lowest BCUT2D eigenvalue weighted by Crippen LogP contribution is -2.16. The van der Waals surface area contributed by atoms with Gasteiger partial charge in [0.25, 0.3) is 0 Å². The van der Waals surface area contributed by atoms with Crippen LogP contribution in [0.3, 0.4) is 0 Å². The van der Waals surface area contributed by atoms with Gasteiger partial charge in [-0.3, -0.25) is 4.99 Å². The zero-order valence-corrected chi connectivity index (χ0v) is 9.13. The van der Waals surface area contributed by atoms with Crippen molar-refractivity contribution in [2.45, 2.75) is 6.54 Å². The van der Waals surface area contributed by atoms with Crippen LogP contribution in [0.15, 0.2) is 40.1 Å². The number of nitrogens with two attached hydrogens (primary N) is 3. The van der Waals surface area contributed by atoms with Crippen molar-refractivity contribution in [3.63, 3.8) is 0 Å². The van der Waals surface area contributed by atoms with Crippen LogP contribution >= 0.6 is 0 Å². The molecule has 1 heterocycles. The van der Waals surface area contributed by atoms with Crippen LogP contribution in [-0.4, -0.2) is 10.8 Å². The van der Waals surface area contributed by atoms with Gasteiger partial charge in [-0.25, -0.2) is 4.98 Å². The average Bonchev–Trinajstić information content (AvgIpc) is 2.82. The summed E-state index contributed by atoms with van der Waals surface area (Å²) in [6.07, 6.45) is 3.03. The maximum absolute atomic E-state index is 5.83. The second-order valence-electron chi connectivity index (χ2n) is 3.47. The monoisotopic (exact) mass is 231 g/mol. The number of nitrogen functional groups attached to an aromatic ring is 2. The molecule has 0 fully saturated rings. The van der Waals surface area contributed by atoms with Gasteiger partial charge < -0.3 is 21.6 Å². The molecule has 1 aromatic heterocycles. The highest BCUT2D eigenvalue weighted by atomic mass is 16.3. The Morgan fingerprint density at radius 3 is 2.88 bits per heavy atom. The molecule has 0 unspecified atom stereocenters. The van der Waals surface area contributed by atoms with Gasteiger partial charge in [0.1, 0.15) is 18.6 Å². The Kier molecular flexibility index (Phi) is 2.95. The van der Waals surface area contributed by atoms with Crippen LogP contribution < -0.4 is 17.2 Å². The second kappa shape index (κ2) is 4.56. The van der Waals surface area contributed by atoms with E-state index in [2.05, 4.69) is 9.98 Å². The molecule has 0 aliphatic rings. The molecule has 0 spiro atoms. The number of benzene rings is 1. The molecule has 0 aliphatic carbocycles. The van der Waals surface area contributed by atoms with Crippen molar-refractivity contribution in [3.05, 3.63) is 42.1 Å². The molecule has 88 valence electrons. The van der Waals surface area contributed by atoms with Crippen LogP contribution in [0.2, 0.25) is 0 Å². The summed E-state index contributed by atoms with van der Waals surface area (Å²) < 4.78 is 5.04. The summed E-state index contributed by atoms with van der Waals surface area (Å²) in [5, 5.41) is 0. The Labute approximate surface area is 98.1 Å². The van der Waals surface area contributed by atoms with E-state index in [1.165, 1.54) is 6.26 Å². The minimum atomic E-state index is 0.271. The molecule has 17 heavy (non-hydrogen) atoms. The summed E-state index contributed by atoms with van der Waals surface area (Å²) >= 11 is 0. The first-order chi connectivity index (χ1) is 8.16. The number of nitrogens with zero attached hydrogens (tertiary/aromatic N) is 2. The topological polar surface area (TPSA) is 116 Å². The zero-order chi connectivity index (χ0) is 12.3. The van der Waals surface area contributed by atoms with E-state index in [4.69, 9.17) is 21.6 Å². The normalized spacial score (nSPS) is 11.6. The van der Waals surface area contributed by atoms with Crippen molar-refractivity contribution < 1.29 is 4.42 Å². The molecule has 0 saturated heterocycles. The average molecular weight is 231 g/mol. The van der Waals surface area contributed by atoms with Gasteiger partial charge in [0.2, 0.25) is 5.89 Å². The van der Waals surface area contributed by atoms with Crippen molar-refractivity contribution in [3.8, 4) is 0 Å². The summed E-state index contributed by atoms with van der Waals surface area (Å²) in [7, 11) is 0. The van der Waals surface area contributed by atoms with Gasteiger partial charge in [-0.1, -0.05) is 0 Å². The molecule has 6 N–H and O–H groups in total. The fourth-order valence-corrected chi connectivity index (χ4v) is 1.36. The van der Waals surface area contributed by atoms with E-state index in [1.807, 2.05) is 0 Å². The number of rotatable bonds is 3. The highest BCUT2D eigenvalue weighted by Gasteiger charge is 2.05. The molecule has 6 nitrogen and oxygen atoms in total. The smallest absolute Gasteiger partial charge is 0.215 e. The van der Waals surface area contributed by atoms with Crippen molar-refractivity contribution in [1.29, 1.82) is 0 Å². The lowest BCUT2D eigenvalue weighted by molar-refractivity contribution is 0.498. The summed E-state index contributed by atoms with van der Waals surface area (Å²) in [6, 6.07) is 5.09. The van der Waals surface area contributed by atoms with Crippen molar-refractivity contribution in [1.82, 2.24) is 4.98 Å². The lowest BCUT2D eigenvalue weighted by Gasteiger charge is -2.05. The van der Waals surface area contributed by atoms with Crippen LogP contribution in [0, 0.1) is 0 Å². The van der Waals surface area contributed by atoms with Crippen LogP contribution in [0.5, 0.6) is 0 Å². The first-order valence-corrected chi connectivity index (χ1v) is 5.00. The Morgan fingerprint density at radius 1 is 1.35 bits per heavy atom. The van der Waals surface area contributed by atoms with Crippen molar-refractivity contribution in [2.75, 3.05) is 11.5 Å². The van der Waals surface area contributed by atoms with Crippen molar-refractivity contribution in [2.24, 2.45) is 10.7 Å². The summed E-state index contributed by atoms with van der Waals surface area (Å²) in [4.78, 5) is 8.08. The molecule has 2 rings (SSSR count). The third kappa shape index (κ3) is 2.54. The lowest BCUT2D eigenvalue weighted by atomic mass is 10.1. The molecule has 0 aliphatic heterocycles. The van der Waals surface area contributed by atoms with Crippen LogP contribution in [0.25, 0.3) is 0 Å². The zero-order valence-electron chi connectivity index (χ0n) is 9.13. The molecule has 0 bridgehead atoms. The van der Waals surface area contributed by atoms with E-state index in [-0.39, 0.29) is 6.54 Å². The first-order valence-electron chi connectivity index (χ1n) is 5.00. The van der Waals surface area contributed by atoms with Crippen LogP contribution in [-0.2, 0) is 6.54 Å². The molecule has 0 saturated carbocycles. The molecule has 0 amide bonds. The van der Waals surface area contributed by atoms with Gasteiger partial charge in [0.05, 0.1) is 6.20 Å². The standard InChI is InChI=1S/C11H13N5O/c12-7-1-2-9(13)8(5-7)11(14)16-6-10-15-3-4-17-10/h1-5H,6,12-13H2,(H2,14,16). The van der Waals surface area contributed by atoms with Gasteiger partial charge in [-0.05, 0) is 18.2 Å². The summed E-state index contributed by atoms with van der Waals surface area (Å²) in [5.41, 5.74) is 19.0. The summed E-state index contributed by atoms with van der Waals surface area (Å²) in [6.45, 7) is 0.271. The number of aromatic nitrogens is 1. The molecular formula is C11H13N5O. The molecule has 0 atom stereocenters. The Bertz CT molecular complexity index is 533. The predicted molar refractivity (Wildman–Crippen MR) is 66.2 cm³/mol. The molecule has 6 heteroatoms. The fraction of sp³-hybridized carbons (Fsp3) is 0.0909. The summed E-state index contributed by atoms with van der Waals surface area (Å²) in [5.74, 6) is 0.809. The number of hydrogen-bond acceptors (Lipinski definition) is 5. The second-order valence-corrected chi connectivity index (χ2v) is 3.47. The van der Waals surface area contributed by atoms with E-state index < -0.39 is 0 Å². The molecule has 1 aromatic carbocycles. The van der Waals surface area contributed by atoms with Crippen molar-refractivity contribution >= 4 is 17.2 Å². The van der Waals surface area contributed by atoms with Gasteiger partial charge >= 0.3 is 0 Å². The number of amidine groups is 1. The van der Waals surface area contributed by atoms with E-state index >= 15 is 0 Å². The Morgan fingerprint density at radius 2 is 2.18 bits per heavy atom. The van der Waals surface area contributed by atoms with E-state index in [9.17, 15) is 0 Å². The maximum atomic E-state index is 5.83. The van der Waals surface area contributed by atoms with Gasteiger partial charge in [0.15, 0.2) is 0 Å². The van der Waals surface area contributed by atoms with E-state index in [0.717, 1.165) is 0 Å². The number of anilines is 2. The molecule has 0 radical (unpaired) electrons. The van der Waals surface area contributed by atoms with E-state index in [1.54, 1.807) is 24.4 Å². The van der Waals surface area contributed by atoms with Gasteiger partial charge in [-0.2, -0.15) is 0 Å². The minimum absolute atomic E-state index is 0.271. The fourth-order valence-electron chi connectivity index (χ4n) is 1.36. The minimum Gasteiger partial charge on any atom is -0.447 e. The Hall–Kier alpha value is -2.50. The highest BCUT2D eigenvalue weighted by molar-refractivity contribution is 6.02. The predicted octanol–water partition coefficient (Wildman–Crippen LogP) is 0.744. The Balaban J connectivity index is 2.21. The number of oxazole rings is 1. The van der Waals surface area contributed by atoms with Crippen LogP contribution in [0.4, 0.5) is 11.4 Å². The number of aliphatic imine (C=N–C) groups is 1. The van der Waals surface area contributed by atoms with Gasteiger partial charge in [-0.15, -0.1) is 0 Å². The van der Waals surface area contributed by atoms with E-state index in [0.29, 0.717) is 28.7 Å². The van der Waals surface area contributed by atoms with Gasteiger partial charge in [0, 0.05) is 16.9 Å². The SMILES string of the molecule is NC(=NCc1ncco1)c1cc(N)ccc1N. The third-order valence-electron chi connectivity index (χ3n) is 2.22. The molecule has 2 aromatic rings. The quantitative estimate of drug-likeness (QED) is 0.409. The third-order valence-corrected chi connectivity index (χ3v) is 2.22.